The van der Waals surface area contributed by atoms with Crippen LogP contribution < -0.4 is 5.32 Å². The van der Waals surface area contributed by atoms with Crippen molar-refractivity contribution in [3.05, 3.63) is 0 Å². The Hall–Kier alpha value is -0.770. The molecule has 0 saturated carbocycles. The van der Waals surface area contributed by atoms with Crippen LogP contribution in [0.15, 0.2) is 0 Å². The lowest BCUT2D eigenvalue weighted by molar-refractivity contribution is -0.0140. The molecular weight excluding hydrogens is 158 g/mol. The smallest absolute Gasteiger partial charge is 0.408 e. The molecule has 1 rings (SSSR count). The second-order valence-corrected chi connectivity index (χ2v) is 3.88. The van der Waals surface area contributed by atoms with Gasteiger partial charge in [-0.15, -0.1) is 0 Å². The van der Waals surface area contributed by atoms with E-state index in [4.69, 9.17) is 9.47 Å². The highest BCUT2D eigenvalue weighted by Crippen LogP contribution is 2.08. The monoisotopic (exact) mass is 173 g/mol. The van der Waals surface area contributed by atoms with E-state index in [2.05, 4.69) is 5.32 Å². The van der Waals surface area contributed by atoms with Gasteiger partial charge in [-0.3, -0.25) is 0 Å². The van der Waals surface area contributed by atoms with Gasteiger partial charge in [0.05, 0.1) is 19.3 Å². The Bertz CT molecular complexity index is 170. The molecule has 0 atom stereocenters. The van der Waals surface area contributed by atoms with Gasteiger partial charge in [-0.25, -0.2) is 4.79 Å². The van der Waals surface area contributed by atoms with Crippen molar-refractivity contribution < 1.29 is 14.3 Å². The minimum absolute atomic E-state index is 0.139. The highest BCUT2D eigenvalue weighted by atomic mass is 16.6. The largest absolute Gasteiger partial charge is 0.444 e. The Morgan fingerprint density at radius 3 is 2.42 bits per heavy atom. The first-order valence-electron chi connectivity index (χ1n) is 4.04. The molecule has 0 unspecified atom stereocenters. The van der Waals surface area contributed by atoms with Gasteiger partial charge in [-0.1, -0.05) is 0 Å². The molecule has 1 aliphatic rings. The van der Waals surface area contributed by atoms with Gasteiger partial charge in [0.2, 0.25) is 0 Å². The van der Waals surface area contributed by atoms with E-state index in [0.717, 1.165) is 0 Å². The molecule has 0 aromatic carbocycles. The molecule has 1 fully saturated rings. The third-order valence-corrected chi connectivity index (χ3v) is 1.36. The molecule has 1 amide bonds. The van der Waals surface area contributed by atoms with Crippen LogP contribution in [0.3, 0.4) is 0 Å². The molecule has 1 saturated heterocycles. The van der Waals surface area contributed by atoms with Crippen LogP contribution in [0, 0.1) is 0 Å². The van der Waals surface area contributed by atoms with Gasteiger partial charge in [-0.05, 0) is 20.8 Å². The fourth-order valence-electron chi connectivity index (χ4n) is 0.793. The summed E-state index contributed by atoms with van der Waals surface area (Å²) < 4.78 is 9.93. The van der Waals surface area contributed by atoms with E-state index in [9.17, 15) is 4.79 Å². The summed E-state index contributed by atoms with van der Waals surface area (Å²) in [4.78, 5) is 11.1. The first kappa shape index (κ1) is 9.32. The normalized spacial score (nSPS) is 18.2. The molecule has 70 valence electrons. The van der Waals surface area contributed by atoms with Crippen molar-refractivity contribution in [2.24, 2.45) is 0 Å². The maximum Gasteiger partial charge on any atom is 0.408 e. The summed E-state index contributed by atoms with van der Waals surface area (Å²) in [6.07, 6.45) is -0.365. The number of carbonyl (C=O) groups is 1. The van der Waals surface area contributed by atoms with Gasteiger partial charge in [0, 0.05) is 0 Å². The summed E-state index contributed by atoms with van der Waals surface area (Å²) in [5, 5.41) is 2.69. The first-order chi connectivity index (χ1) is 5.47. The number of ether oxygens (including phenoxy) is 2. The lowest BCUT2D eigenvalue weighted by Gasteiger charge is -2.28. The van der Waals surface area contributed by atoms with Gasteiger partial charge < -0.3 is 14.8 Å². The zero-order valence-corrected chi connectivity index (χ0v) is 7.72. The van der Waals surface area contributed by atoms with Crippen molar-refractivity contribution >= 4 is 6.09 Å². The lowest BCUT2D eigenvalue weighted by atomic mass is 10.2. The van der Waals surface area contributed by atoms with E-state index in [1.807, 2.05) is 20.8 Å². The van der Waals surface area contributed by atoms with Crippen molar-refractivity contribution in [1.29, 1.82) is 0 Å². The van der Waals surface area contributed by atoms with Crippen LogP contribution in [0.2, 0.25) is 0 Å². The zero-order chi connectivity index (χ0) is 9.19. The summed E-state index contributed by atoms with van der Waals surface area (Å²) in [5.74, 6) is 0. The van der Waals surface area contributed by atoms with Crippen molar-refractivity contribution in [2.75, 3.05) is 13.2 Å². The third kappa shape index (κ3) is 3.09. The number of rotatable bonds is 1. The van der Waals surface area contributed by atoms with Gasteiger partial charge in [0.25, 0.3) is 0 Å². The Morgan fingerprint density at radius 2 is 2.08 bits per heavy atom. The minimum atomic E-state index is -0.422. The summed E-state index contributed by atoms with van der Waals surface area (Å²) in [7, 11) is 0. The summed E-state index contributed by atoms with van der Waals surface area (Å²) in [5.41, 5.74) is -0.422. The Balaban J connectivity index is 2.19. The molecule has 0 bridgehead atoms. The Kier molecular flexibility index (Phi) is 2.57. The molecule has 12 heavy (non-hydrogen) atoms. The fourth-order valence-corrected chi connectivity index (χ4v) is 0.793. The standard InChI is InChI=1S/C8H15NO3/c1-8(2,3)12-7(10)9-6-4-11-5-6/h6H,4-5H2,1-3H3,(H,9,10). The second kappa shape index (κ2) is 3.31. The lowest BCUT2D eigenvalue weighted by Crippen LogP contribution is -2.49. The maximum atomic E-state index is 11.1. The van der Waals surface area contributed by atoms with Crippen molar-refractivity contribution in [2.45, 2.75) is 32.4 Å². The van der Waals surface area contributed by atoms with Crippen LogP contribution in [0.4, 0.5) is 4.79 Å². The van der Waals surface area contributed by atoms with E-state index in [1.165, 1.54) is 0 Å². The number of alkyl carbamates (subject to hydrolysis) is 1. The van der Waals surface area contributed by atoms with E-state index >= 15 is 0 Å². The molecule has 1 aliphatic heterocycles. The van der Waals surface area contributed by atoms with Crippen LogP contribution >= 0.6 is 0 Å². The van der Waals surface area contributed by atoms with Crippen LogP contribution in [0.5, 0.6) is 0 Å². The Morgan fingerprint density at radius 1 is 1.50 bits per heavy atom. The van der Waals surface area contributed by atoms with Crippen molar-refractivity contribution in [3.63, 3.8) is 0 Å². The summed E-state index contributed by atoms with van der Waals surface area (Å²) >= 11 is 0. The van der Waals surface area contributed by atoms with Crippen LogP contribution in [0.1, 0.15) is 20.8 Å². The quantitative estimate of drug-likeness (QED) is 0.641. The zero-order valence-electron chi connectivity index (χ0n) is 7.72. The number of carbonyl (C=O) groups excluding carboxylic acids is 1. The molecule has 1 N–H and O–H groups in total. The highest BCUT2D eigenvalue weighted by Gasteiger charge is 2.23. The molecule has 0 aromatic rings. The van der Waals surface area contributed by atoms with E-state index in [-0.39, 0.29) is 12.1 Å². The molecular formula is C8H15NO3. The summed E-state index contributed by atoms with van der Waals surface area (Å²) in [6, 6.07) is 0.139. The molecule has 4 nitrogen and oxygen atoms in total. The first-order valence-corrected chi connectivity index (χ1v) is 4.04. The predicted molar refractivity (Wildman–Crippen MR) is 44.0 cm³/mol. The van der Waals surface area contributed by atoms with Crippen LogP contribution in [0.25, 0.3) is 0 Å². The van der Waals surface area contributed by atoms with Gasteiger partial charge in [-0.2, -0.15) is 0 Å². The average molecular weight is 173 g/mol. The summed E-state index contributed by atoms with van der Waals surface area (Å²) in [6.45, 7) is 6.70. The second-order valence-electron chi connectivity index (χ2n) is 3.88. The molecule has 0 radical (unpaired) electrons. The minimum Gasteiger partial charge on any atom is -0.444 e. The molecule has 4 heteroatoms. The van der Waals surface area contributed by atoms with Crippen molar-refractivity contribution in [3.8, 4) is 0 Å². The van der Waals surface area contributed by atoms with Crippen LogP contribution in [-0.4, -0.2) is 30.9 Å². The topological polar surface area (TPSA) is 47.6 Å². The molecule has 0 spiro atoms. The van der Waals surface area contributed by atoms with Gasteiger partial charge in [0.15, 0.2) is 0 Å². The molecule has 0 aliphatic carbocycles. The van der Waals surface area contributed by atoms with E-state index in [1.54, 1.807) is 0 Å². The van der Waals surface area contributed by atoms with Gasteiger partial charge >= 0.3 is 6.09 Å². The molecule has 1 heterocycles. The van der Waals surface area contributed by atoms with Gasteiger partial charge in [0.1, 0.15) is 5.60 Å². The Labute approximate surface area is 72.2 Å². The number of amides is 1. The fraction of sp³-hybridized carbons (Fsp3) is 0.875. The number of hydrogen-bond acceptors (Lipinski definition) is 3. The highest BCUT2D eigenvalue weighted by molar-refractivity contribution is 5.68. The van der Waals surface area contributed by atoms with Crippen molar-refractivity contribution in [1.82, 2.24) is 5.32 Å². The third-order valence-electron chi connectivity index (χ3n) is 1.36. The van der Waals surface area contributed by atoms with E-state index < -0.39 is 5.60 Å². The number of nitrogens with one attached hydrogen (secondary N) is 1. The van der Waals surface area contributed by atoms with E-state index in [0.29, 0.717) is 13.2 Å². The maximum absolute atomic E-state index is 11.1. The average Bonchev–Trinajstić information content (AvgIpc) is 1.74. The molecule has 0 aromatic heterocycles. The predicted octanol–water partition coefficient (Wildman–Crippen LogP) is 0.910. The SMILES string of the molecule is CC(C)(C)OC(=O)NC1COC1. The van der Waals surface area contributed by atoms with Crippen LogP contribution in [-0.2, 0) is 9.47 Å². The number of hydrogen-bond donors (Lipinski definition) is 1.